The summed E-state index contributed by atoms with van der Waals surface area (Å²) in [4.78, 5) is -1.17. The number of hydrogen-bond acceptors (Lipinski definition) is 1. The van der Waals surface area contributed by atoms with Crippen LogP contribution < -0.4 is 0 Å². The molecule has 0 unspecified atom stereocenters. The van der Waals surface area contributed by atoms with Gasteiger partial charge in [-0.25, -0.2) is 0 Å². The molecule has 0 radical (unpaired) electrons. The molecule has 0 aliphatic rings. The van der Waals surface area contributed by atoms with Crippen LogP contribution in [0.15, 0.2) is 0 Å². The minimum absolute atomic E-state index is 0. The summed E-state index contributed by atoms with van der Waals surface area (Å²) in [5.74, 6) is 0. The van der Waals surface area contributed by atoms with Crippen molar-refractivity contribution < 1.29 is 31.3 Å². The first kappa shape index (κ1) is 12.7. The SMILES string of the molecule is OC(Cl)(Cl)C(Cl)Cl.[Zr]. The summed E-state index contributed by atoms with van der Waals surface area (Å²) in [7, 11) is 0. The molecule has 6 heteroatoms. The van der Waals surface area contributed by atoms with E-state index in [1.807, 2.05) is 0 Å². The van der Waals surface area contributed by atoms with Crippen molar-refractivity contribution in [3.05, 3.63) is 0 Å². The number of alkyl halides is 4. The van der Waals surface area contributed by atoms with Crippen LogP contribution in [0.3, 0.4) is 0 Å². The predicted octanol–water partition coefficient (Wildman–Crippen LogP) is 1.91. The fourth-order valence-corrected chi connectivity index (χ4v) is 0. The fourth-order valence-electron chi connectivity index (χ4n) is 0. The van der Waals surface area contributed by atoms with E-state index in [2.05, 4.69) is 0 Å². The first-order valence-electron chi connectivity index (χ1n) is 1.33. The quantitative estimate of drug-likeness (QED) is 0.725. The normalized spacial score (nSPS) is 11.2. The Morgan fingerprint density at radius 1 is 1.25 bits per heavy atom. The summed E-state index contributed by atoms with van der Waals surface area (Å²) in [6, 6.07) is 0. The van der Waals surface area contributed by atoms with E-state index in [4.69, 9.17) is 51.5 Å². The van der Waals surface area contributed by atoms with E-state index >= 15 is 0 Å². The topological polar surface area (TPSA) is 20.2 Å². The minimum Gasteiger partial charge on any atom is -0.360 e. The molecule has 0 aliphatic heterocycles. The second-order valence-corrected chi connectivity index (χ2v) is 3.33. The van der Waals surface area contributed by atoms with Crippen LogP contribution in [0.25, 0.3) is 0 Å². The summed E-state index contributed by atoms with van der Waals surface area (Å²) in [5.41, 5.74) is 0. The standard InChI is InChI=1S/C2H2Cl4O.Zr/c3-1(4)2(5,6)7;/h1,7H;. The second kappa shape index (κ2) is 4.76. The van der Waals surface area contributed by atoms with Gasteiger partial charge in [-0.2, -0.15) is 0 Å². The molecule has 0 bridgehead atoms. The molecule has 0 spiro atoms. The van der Waals surface area contributed by atoms with Gasteiger partial charge in [0.1, 0.15) is 0 Å². The maximum atomic E-state index is 8.36. The third kappa shape index (κ3) is 6.13. The van der Waals surface area contributed by atoms with Gasteiger partial charge >= 0.3 is 0 Å². The van der Waals surface area contributed by atoms with Crippen LogP contribution in [0.5, 0.6) is 0 Å². The molecule has 0 rings (SSSR count). The Morgan fingerprint density at radius 2 is 1.38 bits per heavy atom. The van der Waals surface area contributed by atoms with Gasteiger partial charge in [0.15, 0.2) is 4.84 Å². The van der Waals surface area contributed by atoms with Crippen molar-refractivity contribution in [2.75, 3.05) is 0 Å². The molecule has 8 heavy (non-hydrogen) atoms. The molecule has 0 saturated heterocycles. The van der Waals surface area contributed by atoms with Crippen LogP contribution in [0.4, 0.5) is 0 Å². The molecule has 0 aliphatic carbocycles. The van der Waals surface area contributed by atoms with Crippen molar-refractivity contribution in [2.24, 2.45) is 0 Å². The Bertz CT molecular complexity index is 59.5. The van der Waals surface area contributed by atoms with Crippen LogP contribution in [-0.4, -0.2) is 14.5 Å². The van der Waals surface area contributed by atoms with Gasteiger partial charge in [0.05, 0.1) is 0 Å². The van der Waals surface area contributed by atoms with E-state index in [0.29, 0.717) is 0 Å². The zero-order valence-electron chi connectivity index (χ0n) is 3.54. The van der Waals surface area contributed by atoms with Crippen LogP contribution in [0.1, 0.15) is 0 Å². The molecule has 0 heterocycles. The Hall–Kier alpha value is 2.00. The molecule has 0 aromatic carbocycles. The molecule has 0 amide bonds. The molecule has 1 N–H and O–H groups in total. The number of hydrogen-bond donors (Lipinski definition) is 1. The monoisotopic (exact) mass is 272 g/mol. The maximum Gasteiger partial charge on any atom is 0.245 e. The second-order valence-electron chi connectivity index (χ2n) is 0.888. The van der Waals surface area contributed by atoms with Crippen LogP contribution >= 0.6 is 46.4 Å². The van der Waals surface area contributed by atoms with Gasteiger partial charge in [0, 0.05) is 26.2 Å². The first-order valence-corrected chi connectivity index (χ1v) is 2.96. The summed E-state index contributed by atoms with van der Waals surface area (Å²) in [6.07, 6.45) is 0. The zero-order valence-corrected chi connectivity index (χ0v) is 9.02. The van der Waals surface area contributed by atoms with Gasteiger partial charge in [-0.1, -0.05) is 46.4 Å². The molecule has 0 aromatic rings. The van der Waals surface area contributed by atoms with Crippen LogP contribution in [0, 0.1) is 0 Å². The summed E-state index contributed by atoms with van der Waals surface area (Å²) in [6.45, 7) is 0. The van der Waals surface area contributed by atoms with E-state index in [1.165, 1.54) is 0 Å². The molecule has 0 saturated carbocycles. The van der Waals surface area contributed by atoms with E-state index in [1.54, 1.807) is 0 Å². The number of aliphatic hydroxyl groups is 1. The summed E-state index contributed by atoms with van der Waals surface area (Å²) >= 11 is 19.9. The van der Waals surface area contributed by atoms with E-state index in [-0.39, 0.29) is 26.2 Å². The van der Waals surface area contributed by atoms with E-state index in [9.17, 15) is 0 Å². The molecule has 1 nitrogen and oxygen atoms in total. The van der Waals surface area contributed by atoms with E-state index in [0.717, 1.165) is 0 Å². The summed E-state index contributed by atoms with van der Waals surface area (Å²) in [5, 5.41) is 8.36. The fraction of sp³-hybridized carbons (Fsp3) is 1.00. The van der Waals surface area contributed by atoms with Crippen LogP contribution in [-0.2, 0) is 26.2 Å². The molecule has 0 fully saturated rings. The molecule has 0 atom stereocenters. The van der Waals surface area contributed by atoms with Gasteiger partial charge < -0.3 is 5.11 Å². The van der Waals surface area contributed by atoms with Crippen molar-refractivity contribution >= 4 is 46.4 Å². The Morgan fingerprint density at radius 3 is 1.38 bits per heavy atom. The van der Waals surface area contributed by atoms with Gasteiger partial charge in [0.2, 0.25) is 4.52 Å². The van der Waals surface area contributed by atoms with Crippen molar-refractivity contribution in [3.8, 4) is 0 Å². The van der Waals surface area contributed by atoms with E-state index < -0.39 is 9.36 Å². The summed E-state index contributed by atoms with van der Waals surface area (Å²) < 4.78 is -2.02. The average Bonchev–Trinajstić information content (AvgIpc) is 1.31. The maximum absolute atomic E-state index is 8.36. The Kier molecular flexibility index (Phi) is 7.54. The molecular weight excluding hydrogens is 273 g/mol. The minimum atomic E-state index is -2.02. The third-order valence-electron chi connectivity index (χ3n) is 0.263. The first-order chi connectivity index (χ1) is 2.94. The van der Waals surface area contributed by atoms with Crippen molar-refractivity contribution in [2.45, 2.75) is 9.36 Å². The zero-order chi connectivity index (χ0) is 6.08. The third-order valence-corrected chi connectivity index (χ3v) is 1.78. The van der Waals surface area contributed by atoms with Gasteiger partial charge in [-0.15, -0.1) is 0 Å². The van der Waals surface area contributed by atoms with Crippen molar-refractivity contribution in [1.82, 2.24) is 0 Å². The van der Waals surface area contributed by atoms with Gasteiger partial charge in [0.25, 0.3) is 0 Å². The number of halogens is 4. The van der Waals surface area contributed by atoms with Gasteiger partial charge in [-0.05, 0) is 0 Å². The van der Waals surface area contributed by atoms with Crippen molar-refractivity contribution in [1.29, 1.82) is 0 Å². The molecular formula is C2H2Cl4OZr. The average molecular weight is 275 g/mol. The Balaban J connectivity index is 0. The Labute approximate surface area is 86.4 Å². The van der Waals surface area contributed by atoms with Crippen LogP contribution in [0.2, 0.25) is 0 Å². The molecule has 0 aromatic heterocycles. The number of rotatable bonds is 1. The predicted molar refractivity (Wildman–Crippen MR) is 32.1 cm³/mol. The smallest absolute Gasteiger partial charge is 0.245 e. The van der Waals surface area contributed by atoms with Crippen molar-refractivity contribution in [3.63, 3.8) is 0 Å². The molecule has 48 valence electrons. The largest absolute Gasteiger partial charge is 0.360 e. The van der Waals surface area contributed by atoms with Gasteiger partial charge in [-0.3, -0.25) is 0 Å².